The van der Waals surface area contributed by atoms with Crippen LogP contribution in [0.4, 0.5) is 0 Å². The molecular formula is C7H13N2O3S+. The van der Waals surface area contributed by atoms with E-state index < -0.39 is 10.1 Å². The van der Waals surface area contributed by atoms with Gasteiger partial charge >= 0.3 is 0 Å². The van der Waals surface area contributed by atoms with Crippen LogP contribution in [-0.2, 0) is 23.7 Å². The lowest BCUT2D eigenvalue weighted by Gasteiger charge is -1.94. The number of hydrogen-bond acceptors (Lipinski definition) is 2. The van der Waals surface area contributed by atoms with Gasteiger partial charge in [-0.05, 0) is 0 Å². The molecule has 1 aromatic heterocycles. The van der Waals surface area contributed by atoms with Crippen molar-refractivity contribution in [2.24, 2.45) is 7.05 Å². The van der Waals surface area contributed by atoms with E-state index in [1.807, 2.05) is 34.9 Å². The van der Waals surface area contributed by atoms with E-state index in [0.29, 0.717) is 13.0 Å². The largest absolute Gasteiger partial charge is 0.286 e. The summed E-state index contributed by atoms with van der Waals surface area (Å²) in [6.07, 6.45) is 5.99. The summed E-state index contributed by atoms with van der Waals surface area (Å²) in [6, 6.07) is 0. The van der Waals surface area contributed by atoms with Crippen LogP contribution in [0, 0.1) is 0 Å². The van der Waals surface area contributed by atoms with Crippen molar-refractivity contribution in [1.82, 2.24) is 4.57 Å². The van der Waals surface area contributed by atoms with Gasteiger partial charge in [0.25, 0.3) is 10.1 Å². The van der Waals surface area contributed by atoms with Crippen molar-refractivity contribution >= 4 is 10.1 Å². The molecule has 0 atom stereocenters. The van der Waals surface area contributed by atoms with Gasteiger partial charge in [-0.25, -0.2) is 9.13 Å². The van der Waals surface area contributed by atoms with Gasteiger partial charge in [0.1, 0.15) is 12.4 Å². The van der Waals surface area contributed by atoms with E-state index in [1.165, 1.54) is 0 Å². The van der Waals surface area contributed by atoms with Crippen LogP contribution < -0.4 is 4.57 Å². The topological polar surface area (TPSA) is 63.2 Å². The SMILES string of the molecule is C[n+]1ccn(CCCS(=O)(=O)O)c1. The molecule has 0 saturated heterocycles. The fourth-order valence-corrected chi connectivity index (χ4v) is 1.56. The van der Waals surface area contributed by atoms with E-state index in [1.54, 1.807) is 0 Å². The Balaban J connectivity index is 2.36. The highest BCUT2D eigenvalue weighted by Crippen LogP contribution is 1.93. The van der Waals surface area contributed by atoms with Gasteiger partial charge in [-0.2, -0.15) is 8.42 Å². The highest BCUT2D eigenvalue weighted by Gasteiger charge is 2.06. The Kier molecular flexibility index (Phi) is 3.05. The molecule has 0 radical (unpaired) electrons. The average molecular weight is 205 g/mol. The Morgan fingerprint density at radius 2 is 2.23 bits per heavy atom. The van der Waals surface area contributed by atoms with Crippen molar-refractivity contribution in [2.45, 2.75) is 13.0 Å². The van der Waals surface area contributed by atoms with Crippen LogP contribution in [0.5, 0.6) is 0 Å². The molecule has 1 aromatic rings. The molecular weight excluding hydrogens is 192 g/mol. The van der Waals surface area contributed by atoms with Crippen molar-refractivity contribution in [3.05, 3.63) is 18.7 Å². The smallest absolute Gasteiger partial charge is 0.265 e. The zero-order chi connectivity index (χ0) is 9.90. The molecule has 0 fully saturated rings. The number of nitrogens with zero attached hydrogens (tertiary/aromatic N) is 2. The van der Waals surface area contributed by atoms with E-state index in [2.05, 4.69) is 0 Å². The molecule has 5 nitrogen and oxygen atoms in total. The fraction of sp³-hybridized carbons (Fsp3) is 0.571. The summed E-state index contributed by atoms with van der Waals surface area (Å²) in [7, 11) is -1.92. The Morgan fingerprint density at radius 3 is 2.69 bits per heavy atom. The summed E-state index contributed by atoms with van der Waals surface area (Å²) in [6.45, 7) is 0.598. The molecule has 0 spiro atoms. The number of rotatable bonds is 4. The first-order chi connectivity index (χ1) is 5.97. The third-order valence-corrected chi connectivity index (χ3v) is 2.45. The van der Waals surface area contributed by atoms with Crippen LogP contribution in [0.3, 0.4) is 0 Å². The molecule has 74 valence electrons. The molecule has 0 saturated carbocycles. The molecule has 6 heteroatoms. The molecule has 1 N–H and O–H groups in total. The summed E-state index contributed by atoms with van der Waals surface area (Å²) in [5.74, 6) is -0.186. The van der Waals surface area contributed by atoms with E-state index in [0.717, 1.165) is 0 Å². The molecule has 0 amide bonds. The normalized spacial score (nSPS) is 11.8. The second-order valence-corrected chi connectivity index (χ2v) is 4.53. The monoisotopic (exact) mass is 205 g/mol. The van der Waals surface area contributed by atoms with Crippen LogP contribution >= 0.6 is 0 Å². The first-order valence-electron chi connectivity index (χ1n) is 3.93. The van der Waals surface area contributed by atoms with Crippen molar-refractivity contribution in [1.29, 1.82) is 0 Å². The standard InChI is InChI=1S/C7H12N2O3S/c1-8-4-5-9(7-8)3-2-6-13(10,11)12/h4-5,7H,2-3,6H2,1H3/p+1. The van der Waals surface area contributed by atoms with Crippen molar-refractivity contribution in [3.63, 3.8) is 0 Å². The third-order valence-electron chi connectivity index (χ3n) is 1.64. The van der Waals surface area contributed by atoms with Crippen LogP contribution in [-0.4, -0.2) is 23.3 Å². The minimum atomic E-state index is -3.81. The highest BCUT2D eigenvalue weighted by atomic mass is 32.2. The molecule has 0 aromatic carbocycles. The fourth-order valence-electron chi connectivity index (χ4n) is 1.06. The minimum Gasteiger partial charge on any atom is -0.286 e. The maximum absolute atomic E-state index is 10.4. The van der Waals surface area contributed by atoms with Gasteiger partial charge in [0, 0.05) is 6.42 Å². The molecule has 1 rings (SSSR count). The predicted molar refractivity (Wildman–Crippen MR) is 46.6 cm³/mol. The maximum atomic E-state index is 10.4. The first-order valence-corrected chi connectivity index (χ1v) is 5.54. The van der Waals surface area contributed by atoms with Crippen LogP contribution in [0.2, 0.25) is 0 Å². The summed E-state index contributed by atoms with van der Waals surface area (Å²) in [4.78, 5) is 0. The summed E-state index contributed by atoms with van der Waals surface area (Å²) in [5, 5.41) is 0. The molecule has 13 heavy (non-hydrogen) atoms. The van der Waals surface area contributed by atoms with Crippen LogP contribution in [0.15, 0.2) is 18.7 Å². The van der Waals surface area contributed by atoms with Crippen LogP contribution in [0.1, 0.15) is 6.42 Å². The number of aromatic nitrogens is 2. The predicted octanol–water partition coefficient (Wildman–Crippen LogP) is -0.410. The second-order valence-electron chi connectivity index (χ2n) is 2.96. The Morgan fingerprint density at radius 1 is 1.54 bits per heavy atom. The molecule has 0 bridgehead atoms. The summed E-state index contributed by atoms with van der Waals surface area (Å²) < 4.78 is 32.9. The van der Waals surface area contributed by atoms with Gasteiger partial charge in [0.05, 0.1) is 19.3 Å². The molecule has 1 heterocycles. The quantitative estimate of drug-likeness (QED) is 0.537. The molecule has 0 aliphatic rings. The third kappa shape index (κ3) is 4.05. The van der Waals surface area contributed by atoms with E-state index in [-0.39, 0.29) is 5.75 Å². The van der Waals surface area contributed by atoms with Gasteiger partial charge in [0.15, 0.2) is 0 Å². The number of aryl methyl sites for hydroxylation is 2. The number of imidazole rings is 1. The van der Waals surface area contributed by atoms with Gasteiger partial charge < -0.3 is 0 Å². The van der Waals surface area contributed by atoms with Crippen LogP contribution in [0.25, 0.3) is 0 Å². The lowest BCUT2D eigenvalue weighted by molar-refractivity contribution is -0.671. The average Bonchev–Trinajstić information content (AvgIpc) is 2.33. The lowest BCUT2D eigenvalue weighted by atomic mass is 10.5. The summed E-state index contributed by atoms with van der Waals surface area (Å²) in [5.41, 5.74) is 0. The minimum absolute atomic E-state index is 0.186. The van der Waals surface area contributed by atoms with Crippen molar-refractivity contribution in [2.75, 3.05) is 5.75 Å². The zero-order valence-corrected chi connectivity index (χ0v) is 8.24. The number of hydrogen-bond donors (Lipinski definition) is 1. The van der Waals surface area contributed by atoms with Gasteiger partial charge in [-0.1, -0.05) is 0 Å². The second kappa shape index (κ2) is 3.89. The van der Waals surface area contributed by atoms with Gasteiger partial charge in [-0.15, -0.1) is 0 Å². The summed E-state index contributed by atoms with van der Waals surface area (Å²) >= 11 is 0. The van der Waals surface area contributed by atoms with E-state index >= 15 is 0 Å². The van der Waals surface area contributed by atoms with Crippen molar-refractivity contribution in [3.8, 4) is 0 Å². The van der Waals surface area contributed by atoms with Gasteiger partial charge in [0.2, 0.25) is 6.33 Å². The Bertz CT molecular complexity index is 369. The van der Waals surface area contributed by atoms with Gasteiger partial charge in [-0.3, -0.25) is 4.55 Å². The Hall–Kier alpha value is -0.880. The van der Waals surface area contributed by atoms with E-state index in [9.17, 15) is 8.42 Å². The van der Waals surface area contributed by atoms with Crippen molar-refractivity contribution < 1.29 is 17.5 Å². The molecule has 0 unspecified atom stereocenters. The maximum Gasteiger partial charge on any atom is 0.265 e. The Labute approximate surface area is 77.4 Å². The first kappa shape index (κ1) is 10.2. The zero-order valence-electron chi connectivity index (χ0n) is 7.42. The molecule has 0 aliphatic carbocycles. The molecule has 0 aliphatic heterocycles. The van der Waals surface area contributed by atoms with E-state index in [4.69, 9.17) is 4.55 Å². The highest BCUT2D eigenvalue weighted by molar-refractivity contribution is 7.85. The lowest BCUT2D eigenvalue weighted by Crippen LogP contribution is -2.23.